The minimum atomic E-state index is -0.0357. The lowest BCUT2D eigenvalue weighted by Crippen LogP contribution is -2.18. The zero-order valence-corrected chi connectivity index (χ0v) is 15.7. The molecule has 6 nitrogen and oxygen atoms in total. The van der Waals surface area contributed by atoms with E-state index in [2.05, 4.69) is 11.6 Å². The number of ether oxygens (including phenoxy) is 4. The average molecular weight is 376 g/mol. The predicted octanol–water partition coefficient (Wildman–Crippen LogP) is 3.76. The van der Waals surface area contributed by atoms with Crippen molar-refractivity contribution < 1.29 is 18.9 Å². The number of fused-ring (bicyclic) bond motifs is 6. The Balaban J connectivity index is 1.82. The topological polar surface area (TPSA) is 75.8 Å². The average Bonchev–Trinajstić information content (AvgIpc) is 3.17. The Labute approximate surface area is 162 Å². The summed E-state index contributed by atoms with van der Waals surface area (Å²) >= 11 is 0. The van der Waals surface area contributed by atoms with E-state index in [1.807, 2.05) is 30.5 Å². The number of hydrogen-bond acceptors (Lipinski definition) is 6. The van der Waals surface area contributed by atoms with E-state index in [0.717, 1.165) is 45.3 Å². The fraction of sp³-hybridized carbons (Fsp3) is 0.227. The van der Waals surface area contributed by atoms with Gasteiger partial charge in [-0.25, -0.2) is 0 Å². The summed E-state index contributed by atoms with van der Waals surface area (Å²) in [4.78, 5) is 4.68. The van der Waals surface area contributed by atoms with Gasteiger partial charge in [-0.2, -0.15) is 0 Å². The molecule has 2 N–H and O–H groups in total. The first kappa shape index (κ1) is 16.7. The van der Waals surface area contributed by atoms with Gasteiger partial charge in [0.15, 0.2) is 23.0 Å². The zero-order chi connectivity index (χ0) is 19.4. The monoisotopic (exact) mass is 376 g/mol. The molecule has 1 aliphatic carbocycles. The minimum absolute atomic E-state index is 0.0357. The zero-order valence-electron chi connectivity index (χ0n) is 15.7. The number of rotatable bonds is 3. The van der Waals surface area contributed by atoms with Gasteiger partial charge in [-0.3, -0.25) is 4.98 Å². The van der Waals surface area contributed by atoms with E-state index in [-0.39, 0.29) is 12.7 Å². The van der Waals surface area contributed by atoms with Crippen molar-refractivity contribution in [2.24, 2.45) is 5.73 Å². The molecule has 1 atom stereocenters. The fourth-order valence-electron chi connectivity index (χ4n) is 4.17. The Bertz CT molecular complexity index is 1140. The van der Waals surface area contributed by atoms with Crippen LogP contribution >= 0.6 is 0 Å². The highest BCUT2D eigenvalue weighted by Gasteiger charge is 2.30. The van der Waals surface area contributed by atoms with Gasteiger partial charge in [0.25, 0.3) is 0 Å². The van der Waals surface area contributed by atoms with Gasteiger partial charge in [0.05, 0.1) is 19.7 Å². The summed E-state index contributed by atoms with van der Waals surface area (Å²) in [7, 11) is 3.27. The molecule has 3 aromatic rings. The Kier molecular flexibility index (Phi) is 3.62. The summed E-state index contributed by atoms with van der Waals surface area (Å²) in [6.07, 6.45) is 2.62. The van der Waals surface area contributed by atoms with Crippen LogP contribution in [-0.2, 0) is 6.42 Å². The van der Waals surface area contributed by atoms with Crippen LogP contribution < -0.4 is 24.7 Å². The van der Waals surface area contributed by atoms with Gasteiger partial charge in [0.2, 0.25) is 6.79 Å². The Morgan fingerprint density at radius 3 is 2.50 bits per heavy atom. The summed E-state index contributed by atoms with van der Waals surface area (Å²) in [5.74, 6) is 2.78. The molecule has 5 rings (SSSR count). The lowest BCUT2D eigenvalue weighted by Gasteiger charge is -2.29. The van der Waals surface area contributed by atoms with Crippen LogP contribution in [0.5, 0.6) is 23.0 Å². The normalized spacial score (nSPS) is 16.4. The molecule has 1 unspecified atom stereocenters. The first-order valence-corrected chi connectivity index (χ1v) is 9.02. The molecule has 0 fully saturated rings. The SMILES string of the molecule is C=C(N)C1Cc2cc(OC)c(OC)cc2-c2cnc3cc4c(cc3c21)OCO4. The molecule has 0 saturated heterocycles. The quantitative estimate of drug-likeness (QED) is 0.750. The van der Waals surface area contributed by atoms with Crippen molar-refractivity contribution in [2.45, 2.75) is 12.3 Å². The Morgan fingerprint density at radius 1 is 1.07 bits per heavy atom. The Morgan fingerprint density at radius 2 is 1.79 bits per heavy atom. The molecular weight excluding hydrogens is 356 g/mol. The molecule has 1 aromatic heterocycles. The first-order valence-electron chi connectivity index (χ1n) is 9.02. The third-order valence-electron chi connectivity index (χ3n) is 5.52. The lowest BCUT2D eigenvalue weighted by atomic mass is 9.76. The predicted molar refractivity (Wildman–Crippen MR) is 106 cm³/mol. The van der Waals surface area contributed by atoms with E-state index in [0.29, 0.717) is 22.9 Å². The smallest absolute Gasteiger partial charge is 0.231 e. The largest absolute Gasteiger partial charge is 0.493 e. The molecular formula is C22H20N2O4. The van der Waals surface area contributed by atoms with Crippen molar-refractivity contribution >= 4 is 10.9 Å². The molecule has 28 heavy (non-hydrogen) atoms. The van der Waals surface area contributed by atoms with Gasteiger partial charge in [0.1, 0.15) is 0 Å². The molecule has 0 amide bonds. The lowest BCUT2D eigenvalue weighted by molar-refractivity contribution is 0.174. The number of aromatic nitrogens is 1. The Hall–Kier alpha value is -3.41. The summed E-state index contributed by atoms with van der Waals surface area (Å²) in [6, 6.07) is 7.92. The van der Waals surface area contributed by atoms with E-state index >= 15 is 0 Å². The van der Waals surface area contributed by atoms with Gasteiger partial charge >= 0.3 is 0 Å². The van der Waals surface area contributed by atoms with E-state index in [1.165, 1.54) is 0 Å². The van der Waals surface area contributed by atoms with E-state index < -0.39 is 0 Å². The summed E-state index contributed by atoms with van der Waals surface area (Å²) in [5, 5.41) is 0.999. The van der Waals surface area contributed by atoms with Crippen LogP contribution in [0, 0.1) is 0 Å². The third kappa shape index (κ3) is 2.30. The van der Waals surface area contributed by atoms with Gasteiger partial charge in [-0.1, -0.05) is 6.58 Å². The van der Waals surface area contributed by atoms with Crippen LogP contribution in [-0.4, -0.2) is 26.0 Å². The number of allylic oxidation sites excluding steroid dienone is 1. The molecule has 0 bridgehead atoms. The van der Waals surface area contributed by atoms with Crippen LogP contribution in [0.2, 0.25) is 0 Å². The van der Waals surface area contributed by atoms with Crippen molar-refractivity contribution in [3.05, 3.63) is 53.9 Å². The maximum Gasteiger partial charge on any atom is 0.231 e. The second kappa shape index (κ2) is 6.05. The van der Waals surface area contributed by atoms with Crippen LogP contribution in [0.1, 0.15) is 17.0 Å². The van der Waals surface area contributed by atoms with Gasteiger partial charge in [-0.15, -0.1) is 0 Å². The minimum Gasteiger partial charge on any atom is -0.493 e. The number of pyridine rings is 1. The van der Waals surface area contributed by atoms with E-state index in [9.17, 15) is 0 Å². The molecule has 0 radical (unpaired) electrons. The third-order valence-corrected chi connectivity index (χ3v) is 5.52. The second-order valence-electron chi connectivity index (χ2n) is 7.00. The molecule has 142 valence electrons. The molecule has 0 spiro atoms. The molecule has 1 aliphatic heterocycles. The second-order valence-corrected chi connectivity index (χ2v) is 7.00. The summed E-state index contributed by atoms with van der Waals surface area (Å²) in [5.41, 5.74) is 12.0. The highest BCUT2D eigenvalue weighted by atomic mass is 16.7. The van der Waals surface area contributed by atoms with Crippen LogP contribution in [0.15, 0.2) is 42.7 Å². The molecule has 6 heteroatoms. The number of methoxy groups -OCH3 is 2. The summed E-state index contributed by atoms with van der Waals surface area (Å²) in [6.45, 7) is 4.27. The van der Waals surface area contributed by atoms with Crippen molar-refractivity contribution in [1.29, 1.82) is 0 Å². The first-order chi connectivity index (χ1) is 13.6. The molecule has 0 saturated carbocycles. The van der Waals surface area contributed by atoms with Gasteiger partial charge in [-0.05, 0) is 41.3 Å². The fourth-order valence-corrected chi connectivity index (χ4v) is 4.17. The van der Waals surface area contributed by atoms with Crippen molar-refractivity contribution in [2.75, 3.05) is 21.0 Å². The maximum absolute atomic E-state index is 6.24. The van der Waals surface area contributed by atoms with Crippen LogP contribution in [0.25, 0.3) is 22.0 Å². The molecule has 2 aliphatic rings. The van der Waals surface area contributed by atoms with Crippen molar-refractivity contribution in [3.63, 3.8) is 0 Å². The maximum atomic E-state index is 6.24. The van der Waals surface area contributed by atoms with Gasteiger partial charge in [0, 0.05) is 34.8 Å². The van der Waals surface area contributed by atoms with E-state index in [1.54, 1.807) is 14.2 Å². The van der Waals surface area contributed by atoms with Crippen molar-refractivity contribution in [1.82, 2.24) is 4.98 Å². The summed E-state index contributed by atoms with van der Waals surface area (Å²) < 4.78 is 22.1. The number of nitrogens with two attached hydrogens (primary N) is 1. The van der Waals surface area contributed by atoms with Crippen LogP contribution in [0.3, 0.4) is 0 Å². The highest BCUT2D eigenvalue weighted by molar-refractivity contribution is 5.94. The molecule has 2 heterocycles. The number of benzene rings is 2. The number of hydrogen-bond donors (Lipinski definition) is 1. The highest BCUT2D eigenvalue weighted by Crippen LogP contribution is 2.48. The van der Waals surface area contributed by atoms with E-state index in [4.69, 9.17) is 24.7 Å². The standard InChI is InChI=1S/C22H20N2O4/c1-11(23)13-4-12-5-18(25-2)19(26-3)6-14(12)16-9-24-17-8-21-20(27-10-28-21)7-15(17)22(13)16/h5-9,13H,1,4,10,23H2,2-3H3. The molecule has 2 aromatic carbocycles. The number of nitrogens with zero attached hydrogens (tertiary/aromatic N) is 1. The van der Waals surface area contributed by atoms with Crippen LogP contribution in [0.4, 0.5) is 0 Å². The van der Waals surface area contributed by atoms with Crippen molar-refractivity contribution in [3.8, 4) is 34.1 Å². The van der Waals surface area contributed by atoms with Gasteiger partial charge < -0.3 is 24.7 Å².